The summed E-state index contributed by atoms with van der Waals surface area (Å²) in [5.41, 5.74) is 0. The molecule has 24 heavy (non-hydrogen) atoms. The summed E-state index contributed by atoms with van der Waals surface area (Å²) in [5, 5.41) is 0. The first kappa shape index (κ1) is 21.9. The lowest BCUT2D eigenvalue weighted by atomic mass is 10.4. The fraction of sp³-hybridized carbons (Fsp3) is 0.857. The molecule has 0 radical (unpaired) electrons. The van der Waals surface area contributed by atoms with Crippen LogP contribution >= 0.6 is 0 Å². The van der Waals surface area contributed by atoms with E-state index in [0.717, 1.165) is 0 Å². The van der Waals surface area contributed by atoms with Gasteiger partial charge in [-0.25, -0.2) is 0 Å². The molecule has 0 spiro atoms. The summed E-state index contributed by atoms with van der Waals surface area (Å²) >= 11 is 0. The number of imide groups is 1. The Morgan fingerprint density at radius 1 is 0.708 bits per heavy atom. The molecule has 0 aromatic carbocycles. The topological polar surface area (TPSA) is 65.1 Å². The number of nitrogens with zero attached hydrogens (tertiary/aromatic N) is 1. The van der Waals surface area contributed by atoms with Gasteiger partial charge in [0, 0.05) is 12.8 Å². The zero-order chi connectivity index (χ0) is 19.0. The van der Waals surface area contributed by atoms with Crippen LogP contribution in [0.15, 0.2) is 0 Å². The van der Waals surface area contributed by atoms with E-state index >= 15 is 0 Å². The maximum absolute atomic E-state index is 12.2. The summed E-state index contributed by atoms with van der Waals surface area (Å²) in [5.74, 6) is -0.288. The Labute approximate surface area is 150 Å². The predicted octanol–water partition coefficient (Wildman–Crippen LogP) is 3.17. The van der Waals surface area contributed by atoms with Gasteiger partial charge in [0.15, 0.2) is 25.0 Å². The molecule has 0 bridgehead atoms. The Kier molecular flexibility index (Phi) is 6.63. The maximum atomic E-state index is 12.2. The largest absolute Gasteiger partial charge is 0.490 e. The second-order valence-electron chi connectivity index (χ2n) is 9.20. The zero-order valence-electron chi connectivity index (χ0n) is 16.6. The van der Waals surface area contributed by atoms with Crippen LogP contribution in [-0.2, 0) is 21.9 Å². The maximum Gasteiger partial charge on any atom is 0.490 e. The van der Waals surface area contributed by atoms with Gasteiger partial charge in [0.1, 0.15) is 0 Å². The van der Waals surface area contributed by atoms with E-state index in [1.807, 2.05) is 0 Å². The molecule has 2 amide bonds. The average Bonchev–Trinajstić information content (AvgIpc) is 2.52. The lowest BCUT2D eigenvalue weighted by molar-refractivity contribution is -0.138. The summed E-state index contributed by atoms with van der Waals surface area (Å²) in [7, 11) is -9.18. The molecular weight excluding hydrogens is 375 g/mol. The molecule has 6 nitrogen and oxygen atoms in total. The van der Waals surface area contributed by atoms with Gasteiger partial charge in [-0.1, -0.05) is 0 Å². The molecule has 0 aromatic heterocycles. The average molecular weight is 408 g/mol. The third-order valence-electron chi connectivity index (χ3n) is 2.89. The van der Waals surface area contributed by atoms with Crippen LogP contribution in [0.1, 0.15) is 12.8 Å². The van der Waals surface area contributed by atoms with Gasteiger partial charge in [-0.2, -0.15) is 0 Å². The second kappa shape index (κ2) is 7.25. The molecule has 140 valence electrons. The number of rotatable bonds is 8. The van der Waals surface area contributed by atoms with Crippen LogP contribution in [0.4, 0.5) is 0 Å². The summed E-state index contributed by atoms with van der Waals surface area (Å²) in [6, 6.07) is 0. The third kappa shape index (κ3) is 7.41. The Hall–Kier alpha value is -0.112. The van der Waals surface area contributed by atoms with Crippen molar-refractivity contribution in [1.82, 2.24) is 4.90 Å². The number of likely N-dealkylation sites (tertiary alicyclic amines) is 1. The van der Waals surface area contributed by atoms with Crippen molar-refractivity contribution in [3.05, 3.63) is 0 Å². The van der Waals surface area contributed by atoms with Gasteiger partial charge >= 0.3 is 8.80 Å². The number of carbonyl (C=O) groups is 2. The summed E-state index contributed by atoms with van der Waals surface area (Å²) in [4.78, 5) is 25.6. The highest BCUT2D eigenvalue weighted by Gasteiger charge is 2.53. The Morgan fingerprint density at radius 2 is 1.00 bits per heavy atom. The van der Waals surface area contributed by atoms with Gasteiger partial charge in [0.05, 0.1) is 6.17 Å². The van der Waals surface area contributed by atoms with E-state index in [0.29, 0.717) is 0 Å². The smallest absolute Gasteiger partial charge is 0.416 e. The van der Waals surface area contributed by atoms with Crippen molar-refractivity contribution < 1.29 is 21.9 Å². The quantitative estimate of drug-likeness (QED) is 0.457. The van der Waals surface area contributed by atoms with Gasteiger partial charge in [-0.05, 0) is 58.9 Å². The molecule has 0 N–H and O–H groups in total. The number of carbonyl (C=O) groups excluding carboxylic acids is 2. The third-order valence-corrected chi connectivity index (χ3v) is 14.7. The first-order valence-electron chi connectivity index (χ1n) is 8.46. The van der Waals surface area contributed by atoms with Crippen molar-refractivity contribution in [1.29, 1.82) is 0 Å². The van der Waals surface area contributed by atoms with E-state index in [1.54, 1.807) is 0 Å². The standard InChI is InChI=1S/C14H33NO5Si4/c1-21(2,3)18-24(19-22(4,5)6,20-23(7,8)9)12-15-13(16)10-11-14(15)17/h10-12H2,1-9H3. The second-order valence-corrected chi connectivity index (χ2v) is 26.0. The first-order chi connectivity index (χ1) is 10.5. The molecule has 1 aliphatic rings. The Morgan fingerprint density at radius 3 is 1.25 bits per heavy atom. The van der Waals surface area contributed by atoms with Gasteiger partial charge in [-0.15, -0.1) is 0 Å². The molecule has 0 aliphatic carbocycles. The molecule has 0 saturated carbocycles. The van der Waals surface area contributed by atoms with Crippen molar-refractivity contribution in [2.24, 2.45) is 0 Å². The summed E-state index contributed by atoms with van der Waals surface area (Å²) < 4.78 is 19.5. The van der Waals surface area contributed by atoms with E-state index < -0.39 is 33.8 Å². The minimum atomic E-state index is -3.18. The van der Waals surface area contributed by atoms with Crippen LogP contribution < -0.4 is 0 Å². The highest BCUT2D eigenvalue weighted by atomic mass is 28.5. The summed E-state index contributed by atoms with van der Waals surface area (Å²) in [6.07, 6.45) is 0.704. The van der Waals surface area contributed by atoms with Crippen LogP contribution in [0.2, 0.25) is 58.9 Å². The van der Waals surface area contributed by atoms with Gasteiger partial charge in [0.25, 0.3) is 0 Å². The van der Waals surface area contributed by atoms with Gasteiger partial charge < -0.3 is 12.3 Å². The van der Waals surface area contributed by atoms with Gasteiger partial charge in [0.2, 0.25) is 11.8 Å². The highest BCUT2D eigenvalue weighted by molar-refractivity contribution is 6.90. The summed E-state index contributed by atoms with van der Waals surface area (Å²) in [6.45, 7) is 18.8. The SMILES string of the molecule is C[Si](C)(C)O[Si](CN1C(=O)CCC1=O)(O[Si](C)(C)C)O[Si](C)(C)C. The Balaban J connectivity index is 3.27. The minimum Gasteiger partial charge on any atom is -0.416 e. The first-order valence-corrected chi connectivity index (χ1v) is 20.6. The van der Waals surface area contributed by atoms with Crippen molar-refractivity contribution in [3.63, 3.8) is 0 Å². The van der Waals surface area contributed by atoms with Crippen molar-refractivity contribution in [2.45, 2.75) is 71.8 Å². The van der Waals surface area contributed by atoms with Crippen LogP contribution in [0.25, 0.3) is 0 Å². The fourth-order valence-electron chi connectivity index (χ4n) is 2.55. The number of hydrogen-bond acceptors (Lipinski definition) is 5. The van der Waals surface area contributed by atoms with Crippen molar-refractivity contribution in [3.8, 4) is 0 Å². The van der Waals surface area contributed by atoms with Crippen LogP contribution in [0.3, 0.4) is 0 Å². The van der Waals surface area contributed by atoms with Crippen LogP contribution in [0.5, 0.6) is 0 Å². The van der Waals surface area contributed by atoms with E-state index in [-0.39, 0.29) is 30.8 Å². The molecule has 0 aromatic rings. The highest BCUT2D eigenvalue weighted by Crippen LogP contribution is 2.28. The van der Waals surface area contributed by atoms with E-state index in [9.17, 15) is 9.59 Å². The Bertz CT molecular complexity index is 436. The van der Waals surface area contributed by atoms with Gasteiger partial charge in [-0.3, -0.25) is 14.5 Å². The number of amides is 2. The number of hydrogen-bond donors (Lipinski definition) is 0. The fourth-order valence-corrected chi connectivity index (χ4v) is 16.9. The molecule has 1 fully saturated rings. The van der Waals surface area contributed by atoms with E-state index in [1.165, 1.54) is 4.90 Å². The van der Waals surface area contributed by atoms with Crippen LogP contribution in [0, 0.1) is 0 Å². The lowest BCUT2D eigenvalue weighted by Gasteiger charge is -2.43. The molecule has 10 heteroatoms. The minimum absolute atomic E-state index is 0.144. The monoisotopic (exact) mass is 407 g/mol. The normalized spacial score (nSPS) is 17.8. The predicted molar refractivity (Wildman–Crippen MR) is 105 cm³/mol. The molecular formula is C14H33NO5Si4. The molecule has 1 rings (SSSR count). The van der Waals surface area contributed by atoms with Crippen molar-refractivity contribution >= 4 is 45.6 Å². The lowest BCUT2D eigenvalue weighted by Crippen LogP contribution is -2.66. The molecule has 0 unspecified atom stereocenters. The molecule has 1 aliphatic heterocycles. The molecule has 1 heterocycles. The molecule has 1 saturated heterocycles. The molecule has 0 atom stereocenters. The van der Waals surface area contributed by atoms with Crippen LogP contribution in [-0.4, -0.2) is 56.6 Å². The van der Waals surface area contributed by atoms with Crippen molar-refractivity contribution in [2.75, 3.05) is 6.17 Å². The van der Waals surface area contributed by atoms with E-state index in [2.05, 4.69) is 58.9 Å². The van der Waals surface area contributed by atoms with E-state index in [4.69, 9.17) is 12.3 Å². The zero-order valence-corrected chi connectivity index (χ0v) is 20.6.